The Bertz CT molecular complexity index is 838. The van der Waals surface area contributed by atoms with Crippen LogP contribution < -0.4 is 5.32 Å². The van der Waals surface area contributed by atoms with Crippen LogP contribution in [0.25, 0.3) is 11.1 Å². The van der Waals surface area contributed by atoms with E-state index in [1.54, 1.807) is 6.92 Å². The minimum Gasteiger partial charge on any atom is -0.440 e. The normalized spacial score (nSPS) is 22.4. The van der Waals surface area contributed by atoms with Gasteiger partial charge >= 0.3 is 6.03 Å². The second-order valence-electron chi connectivity index (χ2n) is 7.25. The maximum Gasteiger partial charge on any atom is 0.324 e. The van der Waals surface area contributed by atoms with Crippen LogP contribution in [0.4, 0.5) is 4.79 Å². The molecule has 2 aliphatic heterocycles. The van der Waals surface area contributed by atoms with E-state index < -0.39 is 6.04 Å². The fourth-order valence-corrected chi connectivity index (χ4v) is 3.79. The molecule has 2 aromatic rings. The molecule has 0 saturated carbocycles. The predicted molar refractivity (Wildman–Crippen MR) is 96.9 cm³/mol. The highest BCUT2D eigenvalue weighted by atomic mass is 16.3. The van der Waals surface area contributed by atoms with Crippen LogP contribution >= 0.6 is 0 Å². The molecular weight excluding hydrogens is 332 g/mol. The van der Waals surface area contributed by atoms with E-state index in [0.717, 1.165) is 48.5 Å². The molecule has 3 amide bonds. The SMILES string of the molecule is Cc1cccc2nc(C3CCN(CCN4C(=O)NC(C)C4=O)CC3)oc12. The molecule has 3 heterocycles. The van der Waals surface area contributed by atoms with Gasteiger partial charge in [-0.2, -0.15) is 0 Å². The molecule has 7 nitrogen and oxygen atoms in total. The lowest BCUT2D eigenvalue weighted by atomic mass is 9.97. The number of amides is 3. The van der Waals surface area contributed by atoms with Crippen molar-refractivity contribution < 1.29 is 14.0 Å². The topological polar surface area (TPSA) is 78.7 Å². The Hall–Kier alpha value is -2.41. The minimum absolute atomic E-state index is 0.133. The molecule has 1 aromatic carbocycles. The number of likely N-dealkylation sites (tertiary alicyclic amines) is 1. The van der Waals surface area contributed by atoms with E-state index >= 15 is 0 Å². The van der Waals surface area contributed by atoms with Gasteiger partial charge in [0.15, 0.2) is 11.5 Å². The number of fused-ring (bicyclic) bond motifs is 1. The van der Waals surface area contributed by atoms with Crippen molar-refractivity contribution in [1.82, 2.24) is 20.1 Å². The first-order chi connectivity index (χ1) is 12.5. The van der Waals surface area contributed by atoms with E-state index in [4.69, 9.17) is 4.42 Å². The van der Waals surface area contributed by atoms with Crippen LogP contribution in [0.1, 0.15) is 37.1 Å². The fourth-order valence-electron chi connectivity index (χ4n) is 3.79. The van der Waals surface area contributed by atoms with E-state index in [1.165, 1.54) is 4.90 Å². The quantitative estimate of drug-likeness (QED) is 0.850. The fraction of sp³-hybridized carbons (Fsp3) is 0.526. The number of rotatable bonds is 4. The van der Waals surface area contributed by atoms with Gasteiger partial charge in [-0.15, -0.1) is 0 Å². The van der Waals surface area contributed by atoms with Gasteiger partial charge in [0.2, 0.25) is 0 Å². The molecule has 2 aliphatic rings. The molecular formula is C19H24N4O3. The summed E-state index contributed by atoms with van der Waals surface area (Å²) in [6.45, 7) is 6.75. The number of oxazole rings is 1. The van der Waals surface area contributed by atoms with Crippen molar-refractivity contribution in [2.75, 3.05) is 26.2 Å². The first kappa shape index (κ1) is 17.0. The first-order valence-corrected chi connectivity index (χ1v) is 9.23. The number of benzene rings is 1. The second-order valence-corrected chi connectivity index (χ2v) is 7.25. The highest BCUT2D eigenvalue weighted by Crippen LogP contribution is 2.30. The molecule has 138 valence electrons. The van der Waals surface area contributed by atoms with Crippen LogP contribution in [0.15, 0.2) is 22.6 Å². The average Bonchev–Trinajstić information content (AvgIpc) is 3.17. The molecule has 2 saturated heterocycles. The number of nitrogens with one attached hydrogen (secondary N) is 1. The van der Waals surface area contributed by atoms with Gasteiger partial charge in [0.1, 0.15) is 11.6 Å². The molecule has 4 rings (SSSR count). The number of carbonyl (C=O) groups excluding carboxylic acids is 2. The number of para-hydroxylation sites is 1. The van der Waals surface area contributed by atoms with E-state index in [0.29, 0.717) is 19.0 Å². The highest BCUT2D eigenvalue weighted by Gasteiger charge is 2.35. The summed E-state index contributed by atoms with van der Waals surface area (Å²) in [6.07, 6.45) is 1.95. The second kappa shape index (κ2) is 6.72. The molecule has 2 fully saturated rings. The maximum absolute atomic E-state index is 11.9. The summed E-state index contributed by atoms with van der Waals surface area (Å²) in [5.41, 5.74) is 2.93. The summed E-state index contributed by atoms with van der Waals surface area (Å²) in [5, 5.41) is 2.65. The van der Waals surface area contributed by atoms with Crippen LogP contribution in [0, 0.1) is 6.92 Å². The van der Waals surface area contributed by atoms with E-state index in [2.05, 4.69) is 15.2 Å². The molecule has 1 atom stereocenters. The molecule has 1 aromatic heterocycles. The van der Waals surface area contributed by atoms with Crippen molar-refractivity contribution in [1.29, 1.82) is 0 Å². The van der Waals surface area contributed by atoms with Crippen LogP contribution in [0.5, 0.6) is 0 Å². The molecule has 1 N–H and O–H groups in total. The summed E-state index contributed by atoms with van der Waals surface area (Å²) in [4.78, 5) is 32.0. The smallest absolute Gasteiger partial charge is 0.324 e. The van der Waals surface area contributed by atoms with Crippen molar-refractivity contribution in [3.8, 4) is 0 Å². The van der Waals surface area contributed by atoms with Gasteiger partial charge in [0, 0.05) is 19.0 Å². The number of imide groups is 1. The Balaban J connectivity index is 1.33. The number of piperidine rings is 1. The molecule has 26 heavy (non-hydrogen) atoms. The summed E-state index contributed by atoms with van der Waals surface area (Å²) in [7, 11) is 0. The number of hydrogen-bond donors (Lipinski definition) is 1. The van der Waals surface area contributed by atoms with Gasteiger partial charge in [-0.1, -0.05) is 12.1 Å². The third-order valence-electron chi connectivity index (χ3n) is 5.43. The lowest BCUT2D eigenvalue weighted by Gasteiger charge is -2.31. The van der Waals surface area contributed by atoms with Crippen LogP contribution in [-0.2, 0) is 4.79 Å². The van der Waals surface area contributed by atoms with Gasteiger partial charge in [0.05, 0.1) is 0 Å². The standard InChI is InChI=1S/C19H24N4O3/c1-12-4-3-5-15-16(12)26-17(21-15)14-6-8-22(9-7-14)10-11-23-18(24)13(2)20-19(23)25/h3-5,13-14H,6-11H2,1-2H3,(H,20,25). The third-order valence-corrected chi connectivity index (χ3v) is 5.43. The molecule has 0 radical (unpaired) electrons. The third kappa shape index (κ3) is 3.07. The number of aryl methyl sites for hydroxylation is 1. The van der Waals surface area contributed by atoms with Gasteiger partial charge in [-0.25, -0.2) is 9.78 Å². The molecule has 7 heteroatoms. The van der Waals surface area contributed by atoms with Gasteiger partial charge in [0.25, 0.3) is 5.91 Å². The first-order valence-electron chi connectivity index (χ1n) is 9.23. The van der Waals surface area contributed by atoms with Crippen LogP contribution in [0.3, 0.4) is 0 Å². The van der Waals surface area contributed by atoms with Crippen molar-refractivity contribution in [3.63, 3.8) is 0 Å². The van der Waals surface area contributed by atoms with Gasteiger partial charge < -0.3 is 14.6 Å². The molecule has 0 aliphatic carbocycles. The lowest BCUT2D eigenvalue weighted by Crippen LogP contribution is -2.41. The molecule has 0 bridgehead atoms. The maximum atomic E-state index is 11.9. The van der Waals surface area contributed by atoms with E-state index in [1.807, 2.05) is 25.1 Å². The number of hydrogen-bond acceptors (Lipinski definition) is 5. The molecule has 0 spiro atoms. The monoisotopic (exact) mass is 356 g/mol. The van der Waals surface area contributed by atoms with Crippen molar-refractivity contribution in [2.45, 2.75) is 38.6 Å². The van der Waals surface area contributed by atoms with Gasteiger partial charge in [-0.05, 0) is 51.4 Å². The van der Waals surface area contributed by atoms with E-state index in [9.17, 15) is 9.59 Å². The van der Waals surface area contributed by atoms with Gasteiger partial charge in [-0.3, -0.25) is 9.69 Å². The van der Waals surface area contributed by atoms with E-state index in [-0.39, 0.29) is 11.9 Å². The number of nitrogens with zero attached hydrogens (tertiary/aromatic N) is 3. The van der Waals surface area contributed by atoms with Crippen molar-refractivity contribution in [2.24, 2.45) is 0 Å². The Labute approximate surface area is 152 Å². The van der Waals surface area contributed by atoms with Crippen LogP contribution in [-0.4, -0.2) is 58.9 Å². The number of urea groups is 1. The number of carbonyl (C=O) groups is 2. The minimum atomic E-state index is -0.407. The largest absolute Gasteiger partial charge is 0.440 e. The Morgan fingerprint density at radius 3 is 2.65 bits per heavy atom. The molecule has 1 unspecified atom stereocenters. The Kier molecular flexibility index (Phi) is 4.40. The summed E-state index contributed by atoms with van der Waals surface area (Å²) < 4.78 is 6.02. The van der Waals surface area contributed by atoms with Crippen molar-refractivity contribution in [3.05, 3.63) is 29.7 Å². The summed E-state index contributed by atoms with van der Waals surface area (Å²) in [5.74, 6) is 1.03. The zero-order valence-electron chi connectivity index (χ0n) is 15.2. The summed E-state index contributed by atoms with van der Waals surface area (Å²) >= 11 is 0. The number of aromatic nitrogens is 1. The highest BCUT2D eigenvalue weighted by molar-refractivity contribution is 6.03. The summed E-state index contributed by atoms with van der Waals surface area (Å²) in [6, 6.07) is 5.35. The average molecular weight is 356 g/mol. The Morgan fingerprint density at radius 1 is 1.23 bits per heavy atom. The lowest BCUT2D eigenvalue weighted by molar-refractivity contribution is -0.127. The predicted octanol–water partition coefficient (Wildman–Crippen LogP) is 2.26. The van der Waals surface area contributed by atoms with Crippen LogP contribution in [0.2, 0.25) is 0 Å². The van der Waals surface area contributed by atoms with Crippen molar-refractivity contribution >= 4 is 23.0 Å². The zero-order chi connectivity index (χ0) is 18.3. The Morgan fingerprint density at radius 2 is 2.00 bits per heavy atom. The zero-order valence-corrected chi connectivity index (χ0v) is 15.2.